The van der Waals surface area contributed by atoms with Crippen molar-refractivity contribution < 1.29 is 32.1 Å². The molecular formula is C61H71ClN2O7S. The molecule has 380 valence electrons. The lowest BCUT2D eigenvalue weighted by Gasteiger charge is -2.33. The van der Waals surface area contributed by atoms with E-state index in [-0.39, 0.29) is 28.9 Å². The number of esters is 1. The molecule has 7 rings (SSSR count). The van der Waals surface area contributed by atoms with Gasteiger partial charge in [0, 0.05) is 22.8 Å². The number of carbonyl (C=O) groups is 3. The van der Waals surface area contributed by atoms with Crippen molar-refractivity contribution in [1.82, 2.24) is 5.32 Å². The van der Waals surface area contributed by atoms with Crippen molar-refractivity contribution in [2.45, 2.75) is 117 Å². The normalized spacial score (nSPS) is 17.7. The van der Waals surface area contributed by atoms with E-state index in [2.05, 4.69) is 76.5 Å². The molecule has 5 aromatic carbocycles. The summed E-state index contributed by atoms with van der Waals surface area (Å²) in [7, 11) is -4.89. The molecule has 3 N–H and O–H groups in total. The number of hydrogen-bond acceptors (Lipinski definition) is 6. The molecule has 0 spiro atoms. The van der Waals surface area contributed by atoms with Crippen molar-refractivity contribution in [1.29, 1.82) is 0 Å². The SMILES string of the molecule is CCOC(=O)C(c1ccc(C2=CC[C@@H](C(C)(C)C)CC2)cc1)[C@@H](CNC(=O)c1ccc(CC(C(=O)Nc2ccc(-c3ccc(Cl)cc3C)cc2)c2ccc(C3=CCC(C(C)(C)C)CC3)cc2)cc1)S(=O)(=O)O. The van der Waals surface area contributed by atoms with Gasteiger partial charge in [0.25, 0.3) is 16.0 Å². The van der Waals surface area contributed by atoms with Crippen LogP contribution in [0.5, 0.6) is 0 Å². The van der Waals surface area contributed by atoms with Crippen LogP contribution in [0.2, 0.25) is 5.02 Å². The lowest BCUT2D eigenvalue weighted by atomic mass is 9.72. The number of amides is 2. The largest absolute Gasteiger partial charge is 0.465 e. The Balaban J connectivity index is 1.07. The Bertz CT molecular complexity index is 2890. The molecule has 5 aromatic rings. The maximum Gasteiger partial charge on any atom is 0.314 e. The number of halogens is 1. The molecule has 2 aliphatic rings. The number of rotatable bonds is 16. The van der Waals surface area contributed by atoms with Crippen molar-refractivity contribution in [3.63, 3.8) is 0 Å². The highest BCUT2D eigenvalue weighted by molar-refractivity contribution is 7.86. The molecule has 0 aliphatic heterocycles. The first kappa shape index (κ1) is 54.0. The molecule has 0 fully saturated rings. The highest BCUT2D eigenvalue weighted by atomic mass is 35.5. The first-order chi connectivity index (χ1) is 34.1. The third kappa shape index (κ3) is 13.6. The minimum atomic E-state index is -4.89. The van der Waals surface area contributed by atoms with Gasteiger partial charge in [-0.15, -0.1) is 0 Å². The van der Waals surface area contributed by atoms with E-state index < -0.39 is 45.6 Å². The first-order valence-corrected chi connectivity index (χ1v) is 27.2. The number of anilines is 1. The zero-order chi connectivity index (χ0) is 52.0. The van der Waals surface area contributed by atoms with Crippen molar-refractivity contribution in [2.75, 3.05) is 18.5 Å². The summed E-state index contributed by atoms with van der Waals surface area (Å²) in [4.78, 5) is 41.6. The van der Waals surface area contributed by atoms with Crippen LogP contribution in [0, 0.1) is 29.6 Å². The van der Waals surface area contributed by atoms with Crippen LogP contribution in [0.3, 0.4) is 0 Å². The van der Waals surface area contributed by atoms with Crippen LogP contribution < -0.4 is 10.6 Å². The maximum absolute atomic E-state index is 14.4. The molecule has 3 unspecified atom stereocenters. The molecule has 72 heavy (non-hydrogen) atoms. The predicted octanol–water partition coefficient (Wildman–Crippen LogP) is 14.1. The van der Waals surface area contributed by atoms with Crippen molar-refractivity contribution in [3.05, 3.63) is 171 Å². The topological polar surface area (TPSA) is 139 Å². The quantitative estimate of drug-likeness (QED) is 0.0661. The molecule has 0 saturated heterocycles. The molecule has 0 bridgehead atoms. The average Bonchev–Trinajstić information content (AvgIpc) is 3.34. The Morgan fingerprint density at radius 3 is 1.72 bits per heavy atom. The number of nitrogens with one attached hydrogen (secondary N) is 2. The summed E-state index contributed by atoms with van der Waals surface area (Å²) in [6, 6.07) is 35.7. The Morgan fingerprint density at radius 1 is 0.722 bits per heavy atom. The summed E-state index contributed by atoms with van der Waals surface area (Å²) in [5.41, 5.74) is 11.1. The lowest BCUT2D eigenvalue weighted by molar-refractivity contribution is -0.145. The van der Waals surface area contributed by atoms with Gasteiger partial charge in [0.15, 0.2) is 0 Å². The van der Waals surface area contributed by atoms with Crippen molar-refractivity contribution >= 4 is 56.3 Å². The van der Waals surface area contributed by atoms with Crippen LogP contribution in [0.15, 0.2) is 127 Å². The predicted molar refractivity (Wildman–Crippen MR) is 293 cm³/mol. The highest BCUT2D eigenvalue weighted by Gasteiger charge is 2.40. The zero-order valence-electron chi connectivity index (χ0n) is 43.1. The minimum Gasteiger partial charge on any atom is -0.465 e. The van der Waals surface area contributed by atoms with Gasteiger partial charge in [0.05, 0.1) is 12.5 Å². The van der Waals surface area contributed by atoms with Gasteiger partial charge in [-0.25, -0.2) is 0 Å². The molecule has 2 amide bonds. The van der Waals surface area contributed by atoms with Crippen molar-refractivity contribution in [3.8, 4) is 11.1 Å². The van der Waals surface area contributed by atoms with Crippen LogP contribution in [0.25, 0.3) is 22.3 Å². The minimum absolute atomic E-state index is 0.00554. The van der Waals surface area contributed by atoms with Gasteiger partial charge in [-0.05, 0) is 174 Å². The molecular weight excluding hydrogens is 940 g/mol. The molecule has 0 radical (unpaired) electrons. The fourth-order valence-corrected chi connectivity index (χ4v) is 11.5. The standard InChI is InChI=1S/C61H71ClN2O7S/c1-9-71-59(67)56(47-20-16-42(17-21-47)44-24-30-50(31-25-44)61(6,7)8)55(72(68,69)70)38-63-57(65)48-12-10-40(11-13-48)37-54(46-18-14-41(15-19-46)43-22-28-49(29-23-43)60(3,4)5)58(66)64-52-33-26-45(27-34-52)53-35-32-51(62)36-39(53)2/h10-22,24,26-27,32-36,49-50,54-56H,9,23,25,28-31,37-38H2,1-8H3,(H,63,65)(H,64,66)(H,68,69,70)/t49?,50-,54?,55-,56?/m1/s1. The molecule has 0 heterocycles. The number of hydrogen-bond donors (Lipinski definition) is 3. The molecule has 11 heteroatoms. The van der Waals surface area contributed by atoms with E-state index in [1.54, 1.807) is 43.3 Å². The summed E-state index contributed by atoms with van der Waals surface area (Å²) in [5.74, 6) is -2.41. The number of benzene rings is 5. The molecule has 2 aliphatic carbocycles. The Kier molecular flexibility index (Phi) is 17.2. The van der Waals surface area contributed by atoms with Gasteiger partial charge in [-0.2, -0.15) is 8.42 Å². The van der Waals surface area contributed by atoms with Gasteiger partial charge in [0.1, 0.15) is 11.2 Å². The summed E-state index contributed by atoms with van der Waals surface area (Å²) < 4.78 is 42.0. The van der Waals surface area contributed by atoms with Gasteiger partial charge in [-0.1, -0.05) is 144 Å². The fraction of sp³-hybridized carbons (Fsp3) is 0.393. The number of allylic oxidation sites excluding steroid dienone is 4. The second-order valence-electron chi connectivity index (χ2n) is 21.9. The van der Waals surface area contributed by atoms with E-state index >= 15 is 0 Å². The molecule has 0 aromatic heterocycles. The Morgan fingerprint density at radius 2 is 1.25 bits per heavy atom. The summed E-state index contributed by atoms with van der Waals surface area (Å²) in [6.45, 7) is 16.8. The third-order valence-corrected chi connectivity index (χ3v) is 16.4. The number of ether oxygens (including phenoxy) is 1. The van der Waals surface area contributed by atoms with Crippen LogP contribution >= 0.6 is 11.6 Å². The number of aryl methyl sites for hydroxylation is 1. The van der Waals surface area contributed by atoms with Crippen LogP contribution in [-0.2, 0) is 30.9 Å². The summed E-state index contributed by atoms with van der Waals surface area (Å²) in [5, 5.41) is 4.75. The third-order valence-electron chi connectivity index (χ3n) is 15.0. The molecule has 9 nitrogen and oxygen atoms in total. The number of carbonyl (C=O) groups excluding carboxylic acids is 3. The fourth-order valence-electron chi connectivity index (χ4n) is 10.3. The van der Waals surface area contributed by atoms with Crippen LogP contribution in [-0.4, -0.2) is 49.2 Å². The smallest absolute Gasteiger partial charge is 0.314 e. The van der Waals surface area contributed by atoms with Crippen LogP contribution in [0.1, 0.15) is 143 Å². The van der Waals surface area contributed by atoms with E-state index in [4.69, 9.17) is 16.3 Å². The maximum atomic E-state index is 14.4. The van der Waals surface area contributed by atoms with Gasteiger partial charge in [0.2, 0.25) is 5.91 Å². The van der Waals surface area contributed by atoms with Crippen LogP contribution in [0.4, 0.5) is 5.69 Å². The second-order valence-corrected chi connectivity index (χ2v) is 23.9. The Hall–Kier alpha value is -5.81. The molecule has 0 saturated carbocycles. The van der Waals surface area contributed by atoms with E-state index in [1.807, 2.05) is 73.7 Å². The monoisotopic (exact) mass is 1010 g/mol. The van der Waals surface area contributed by atoms with Crippen molar-refractivity contribution in [2.24, 2.45) is 22.7 Å². The molecule has 5 atom stereocenters. The van der Waals surface area contributed by atoms with E-state index in [1.165, 1.54) is 11.1 Å². The summed E-state index contributed by atoms with van der Waals surface area (Å²) in [6.07, 6.45) is 11.1. The zero-order valence-corrected chi connectivity index (χ0v) is 44.6. The Labute approximate surface area is 432 Å². The average molecular weight is 1010 g/mol. The highest BCUT2D eigenvalue weighted by Crippen LogP contribution is 2.42. The lowest BCUT2D eigenvalue weighted by Crippen LogP contribution is -2.43. The second kappa shape index (κ2) is 22.9. The van der Waals surface area contributed by atoms with Gasteiger partial charge >= 0.3 is 5.97 Å². The first-order valence-electron chi connectivity index (χ1n) is 25.3. The summed E-state index contributed by atoms with van der Waals surface area (Å²) >= 11 is 6.22. The van der Waals surface area contributed by atoms with E-state index in [0.29, 0.717) is 34.5 Å². The van der Waals surface area contributed by atoms with E-state index in [9.17, 15) is 27.4 Å². The van der Waals surface area contributed by atoms with Gasteiger partial charge in [-0.3, -0.25) is 18.9 Å². The van der Waals surface area contributed by atoms with Gasteiger partial charge < -0.3 is 15.4 Å². The van der Waals surface area contributed by atoms with E-state index in [0.717, 1.165) is 77.5 Å².